The van der Waals surface area contributed by atoms with Crippen LogP contribution >= 0.6 is 11.8 Å². The highest BCUT2D eigenvalue weighted by molar-refractivity contribution is 8.01. The number of hydrogen-bond acceptors (Lipinski definition) is 3. The van der Waals surface area contributed by atoms with Crippen LogP contribution in [0.5, 0.6) is 0 Å². The summed E-state index contributed by atoms with van der Waals surface area (Å²) in [6, 6.07) is 6.83. The smallest absolute Gasteiger partial charge is 0.335 e. The molecule has 1 atom stereocenters. The minimum atomic E-state index is -0.925. The van der Waals surface area contributed by atoms with Crippen molar-refractivity contribution in [2.24, 2.45) is 0 Å². The van der Waals surface area contributed by atoms with Gasteiger partial charge in [-0.2, -0.15) is 0 Å². The SMILES string of the molecule is CC1(C(=O)NCCc2cccc(C(=O)O)c2)CCCS1. The molecule has 1 aliphatic rings. The van der Waals surface area contributed by atoms with Crippen LogP contribution in [0.25, 0.3) is 0 Å². The molecule has 1 aliphatic heterocycles. The summed E-state index contributed by atoms with van der Waals surface area (Å²) in [6.45, 7) is 2.53. The molecule has 5 heteroatoms. The van der Waals surface area contributed by atoms with Gasteiger partial charge in [0, 0.05) is 6.54 Å². The predicted octanol–water partition coefficient (Wildman–Crippen LogP) is 2.33. The molecule has 1 aromatic carbocycles. The molecular weight excluding hydrogens is 274 g/mol. The number of carbonyl (C=O) groups excluding carboxylic acids is 1. The van der Waals surface area contributed by atoms with Gasteiger partial charge in [0.2, 0.25) is 5.91 Å². The van der Waals surface area contributed by atoms with E-state index in [1.54, 1.807) is 30.0 Å². The van der Waals surface area contributed by atoms with Crippen molar-refractivity contribution >= 4 is 23.6 Å². The number of hydrogen-bond donors (Lipinski definition) is 2. The van der Waals surface area contributed by atoms with Crippen molar-refractivity contribution in [1.29, 1.82) is 0 Å². The number of aromatic carboxylic acids is 1. The van der Waals surface area contributed by atoms with Crippen LogP contribution < -0.4 is 5.32 Å². The van der Waals surface area contributed by atoms with Gasteiger partial charge in [-0.3, -0.25) is 4.79 Å². The third-order valence-corrected chi connectivity index (χ3v) is 5.09. The molecule has 2 rings (SSSR count). The van der Waals surface area contributed by atoms with E-state index in [-0.39, 0.29) is 16.2 Å². The fourth-order valence-electron chi connectivity index (χ4n) is 2.33. The summed E-state index contributed by atoms with van der Waals surface area (Å²) >= 11 is 1.72. The van der Waals surface area contributed by atoms with E-state index in [4.69, 9.17) is 5.11 Å². The highest BCUT2D eigenvalue weighted by Gasteiger charge is 2.36. The van der Waals surface area contributed by atoms with Gasteiger partial charge < -0.3 is 10.4 Å². The third kappa shape index (κ3) is 3.54. The first kappa shape index (κ1) is 14.9. The Labute approximate surface area is 123 Å². The topological polar surface area (TPSA) is 66.4 Å². The van der Waals surface area contributed by atoms with Crippen molar-refractivity contribution in [2.45, 2.75) is 30.9 Å². The molecule has 0 saturated carbocycles. The molecule has 1 saturated heterocycles. The quantitative estimate of drug-likeness (QED) is 0.874. The zero-order valence-corrected chi connectivity index (χ0v) is 12.3. The van der Waals surface area contributed by atoms with Gasteiger partial charge in [-0.25, -0.2) is 4.79 Å². The number of benzene rings is 1. The van der Waals surface area contributed by atoms with Gasteiger partial charge in [0.1, 0.15) is 0 Å². The van der Waals surface area contributed by atoms with Gasteiger partial charge in [-0.05, 0) is 49.6 Å². The van der Waals surface area contributed by atoms with Crippen LogP contribution in [0.1, 0.15) is 35.7 Å². The molecule has 1 amide bonds. The first-order chi connectivity index (χ1) is 9.51. The summed E-state index contributed by atoms with van der Waals surface area (Å²) in [4.78, 5) is 23.0. The number of rotatable bonds is 5. The van der Waals surface area contributed by atoms with Crippen molar-refractivity contribution in [3.63, 3.8) is 0 Å². The lowest BCUT2D eigenvalue weighted by Gasteiger charge is -2.21. The van der Waals surface area contributed by atoms with Crippen molar-refractivity contribution in [1.82, 2.24) is 5.32 Å². The van der Waals surface area contributed by atoms with Crippen LogP contribution in [0, 0.1) is 0 Å². The van der Waals surface area contributed by atoms with E-state index in [9.17, 15) is 9.59 Å². The van der Waals surface area contributed by atoms with Crippen LogP contribution in [0.2, 0.25) is 0 Å². The minimum Gasteiger partial charge on any atom is -0.478 e. The fraction of sp³-hybridized carbons (Fsp3) is 0.467. The minimum absolute atomic E-state index is 0.0920. The van der Waals surface area contributed by atoms with E-state index in [2.05, 4.69) is 5.32 Å². The normalized spacial score (nSPS) is 21.6. The maximum Gasteiger partial charge on any atom is 0.335 e. The highest BCUT2D eigenvalue weighted by Crippen LogP contribution is 2.37. The van der Waals surface area contributed by atoms with Crippen LogP contribution in [0.3, 0.4) is 0 Å². The van der Waals surface area contributed by atoms with E-state index in [1.807, 2.05) is 13.0 Å². The van der Waals surface area contributed by atoms with Crippen LogP contribution in [0.4, 0.5) is 0 Å². The summed E-state index contributed by atoms with van der Waals surface area (Å²) in [7, 11) is 0. The summed E-state index contributed by atoms with van der Waals surface area (Å²) in [6.07, 6.45) is 2.67. The Morgan fingerprint density at radius 1 is 1.45 bits per heavy atom. The fourth-order valence-corrected chi connectivity index (χ4v) is 3.56. The maximum atomic E-state index is 12.1. The van der Waals surface area contributed by atoms with Crippen molar-refractivity contribution < 1.29 is 14.7 Å². The van der Waals surface area contributed by atoms with Crippen LogP contribution in [-0.2, 0) is 11.2 Å². The lowest BCUT2D eigenvalue weighted by molar-refractivity contribution is -0.123. The second kappa shape index (κ2) is 6.31. The molecule has 1 unspecified atom stereocenters. The second-order valence-corrected chi connectivity index (χ2v) is 6.79. The second-order valence-electron chi connectivity index (χ2n) is 5.19. The molecular formula is C15H19NO3S. The van der Waals surface area contributed by atoms with Crippen LogP contribution in [0.15, 0.2) is 24.3 Å². The number of thioether (sulfide) groups is 1. The Bertz CT molecular complexity index is 510. The van der Waals surface area contributed by atoms with Crippen molar-refractivity contribution in [3.8, 4) is 0 Å². The van der Waals surface area contributed by atoms with Gasteiger partial charge in [0.15, 0.2) is 0 Å². The molecule has 0 aliphatic carbocycles. The average molecular weight is 293 g/mol. The maximum absolute atomic E-state index is 12.1. The first-order valence-corrected chi connectivity index (χ1v) is 7.74. The molecule has 0 spiro atoms. The average Bonchev–Trinajstić information content (AvgIpc) is 2.87. The van der Waals surface area contributed by atoms with E-state index >= 15 is 0 Å². The molecule has 1 aromatic rings. The monoisotopic (exact) mass is 293 g/mol. The van der Waals surface area contributed by atoms with E-state index in [1.165, 1.54) is 0 Å². The molecule has 1 fully saturated rings. The largest absolute Gasteiger partial charge is 0.478 e. The Kier molecular flexibility index (Phi) is 4.70. The van der Waals surface area contributed by atoms with Crippen molar-refractivity contribution in [2.75, 3.05) is 12.3 Å². The standard InChI is InChI=1S/C15H19NO3S/c1-15(7-3-9-20-15)14(19)16-8-6-11-4-2-5-12(10-11)13(17)18/h2,4-5,10H,3,6-9H2,1H3,(H,16,19)(H,17,18). The number of nitrogens with one attached hydrogen (secondary N) is 1. The van der Waals surface area contributed by atoms with Crippen molar-refractivity contribution in [3.05, 3.63) is 35.4 Å². The summed E-state index contributed by atoms with van der Waals surface area (Å²) in [5, 5.41) is 11.9. The Morgan fingerprint density at radius 3 is 2.90 bits per heavy atom. The lowest BCUT2D eigenvalue weighted by atomic mass is 10.0. The summed E-state index contributed by atoms with van der Waals surface area (Å²) < 4.78 is -0.289. The van der Waals surface area contributed by atoms with Gasteiger partial charge in [-0.1, -0.05) is 12.1 Å². The Morgan fingerprint density at radius 2 is 2.25 bits per heavy atom. The highest BCUT2D eigenvalue weighted by atomic mass is 32.2. The van der Waals surface area contributed by atoms with Gasteiger partial charge in [-0.15, -0.1) is 11.8 Å². The van der Waals surface area contributed by atoms with Crippen LogP contribution in [-0.4, -0.2) is 34.0 Å². The molecule has 0 bridgehead atoms. The molecule has 20 heavy (non-hydrogen) atoms. The first-order valence-electron chi connectivity index (χ1n) is 6.76. The Balaban J connectivity index is 1.85. The summed E-state index contributed by atoms with van der Waals surface area (Å²) in [5.74, 6) is 0.213. The molecule has 1 heterocycles. The molecule has 4 nitrogen and oxygen atoms in total. The van der Waals surface area contributed by atoms with E-state index in [0.29, 0.717) is 13.0 Å². The Hall–Kier alpha value is -1.49. The number of amides is 1. The van der Waals surface area contributed by atoms with Gasteiger partial charge >= 0.3 is 5.97 Å². The number of carbonyl (C=O) groups is 2. The number of carboxylic acids is 1. The predicted molar refractivity (Wildman–Crippen MR) is 80.2 cm³/mol. The van der Waals surface area contributed by atoms with E-state index in [0.717, 1.165) is 24.2 Å². The summed E-state index contributed by atoms with van der Waals surface area (Å²) in [5.41, 5.74) is 1.21. The molecule has 108 valence electrons. The molecule has 0 radical (unpaired) electrons. The third-order valence-electron chi connectivity index (χ3n) is 3.57. The van der Waals surface area contributed by atoms with Gasteiger partial charge in [0.05, 0.1) is 10.3 Å². The van der Waals surface area contributed by atoms with Gasteiger partial charge in [0.25, 0.3) is 0 Å². The lowest BCUT2D eigenvalue weighted by Crippen LogP contribution is -2.41. The van der Waals surface area contributed by atoms with E-state index < -0.39 is 5.97 Å². The zero-order valence-electron chi connectivity index (χ0n) is 11.5. The number of carboxylic acid groups (broad SMARTS) is 1. The molecule has 0 aromatic heterocycles. The zero-order chi connectivity index (χ0) is 14.6. The molecule has 2 N–H and O–H groups in total.